The highest BCUT2D eigenvalue weighted by Crippen LogP contribution is 2.35. The van der Waals surface area contributed by atoms with Crippen LogP contribution in [0.5, 0.6) is 0 Å². The molecule has 1 saturated heterocycles. The minimum Gasteiger partial charge on any atom is -0.481 e. The second-order valence-electron chi connectivity index (χ2n) is 9.67. The summed E-state index contributed by atoms with van der Waals surface area (Å²) >= 11 is 3.46. The largest absolute Gasteiger partial charge is 0.481 e. The van der Waals surface area contributed by atoms with E-state index in [0.717, 1.165) is 15.6 Å². The van der Waals surface area contributed by atoms with Gasteiger partial charge in [-0.1, -0.05) is 40.2 Å². The number of alkyl halides is 2. The SMILES string of the molecule is Cc1ccccc1[C@@H](CCC(=O)O)CNC(=O)c1c(C)c(N2CCCC(F)(F)C2)nc2ccc(Br)cc12. The number of piperidine rings is 1. The molecule has 0 saturated carbocycles. The number of aryl methyl sites for hydroxylation is 1. The molecule has 0 radical (unpaired) electrons. The number of halogens is 3. The molecule has 37 heavy (non-hydrogen) atoms. The van der Waals surface area contributed by atoms with Gasteiger partial charge < -0.3 is 15.3 Å². The van der Waals surface area contributed by atoms with Crippen LogP contribution in [0.25, 0.3) is 10.9 Å². The summed E-state index contributed by atoms with van der Waals surface area (Å²) in [5.41, 5.74) is 3.48. The van der Waals surface area contributed by atoms with Crippen molar-refractivity contribution in [2.75, 3.05) is 24.5 Å². The first kappa shape index (κ1) is 27.0. The topological polar surface area (TPSA) is 82.5 Å². The monoisotopic (exact) mass is 573 g/mol. The molecule has 1 aliphatic heterocycles. The molecule has 0 aliphatic carbocycles. The number of carbonyl (C=O) groups is 2. The van der Waals surface area contributed by atoms with Crippen LogP contribution < -0.4 is 10.2 Å². The first-order valence-electron chi connectivity index (χ1n) is 12.3. The molecule has 2 heterocycles. The van der Waals surface area contributed by atoms with Gasteiger partial charge in [-0.15, -0.1) is 0 Å². The van der Waals surface area contributed by atoms with Crippen molar-refractivity contribution in [2.45, 2.75) is 51.4 Å². The molecule has 2 aromatic carbocycles. The second kappa shape index (κ2) is 11.1. The van der Waals surface area contributed by atoms with Gasteiger partial charge >= 0.3 is 5.97 Å². The van der Waals surface area contributed by atoms with Crippen molar-refractivity contribution >= 4 is 44.5 Å². The number of aliphatic carboxylic acids is 1. The van der Waals surface area contributed by atoms with Gasteiger partial charge in [0, 0.05) is 47.3 Å². The van der Waals surface area contributed by atoms with Gasteiger partial charge in [-0.3, -0.25) is 9.59 Å². The molecular formula is C28H30BrF2N3O3. The highest BCUT2D eigenvalue weighted by Gasteiger charge is 2.37. The number of aromatic nitrogens is 1. The van der Waals surface area contributed by atoms with Crippen LogP contribution in [-0.4, -0.2) is 47.5 Å². The molecular weight excluding hydrogens is 544 g/mol. The lowest BCUT2D eigenvalue weighted by Crippen LogP contribution is -2.43. The van der Waals surface area contributed by atoms with Crippen LogP contribution in [0.15, 0.2) is 46.9 Å². The zero-order chi connectivity index (χ0) is 26.7. The van der Waals surface area contributed by atoms with E-state index in [9.17, 15) is 23.5 Å². The standard InChI is InChI=1S/C28H30BrF2N3O3/c1-17-6-3-4-7-21(17)19(8-11-24(35)36)15-32-27(37)25-18(2)26(34-13-5-12-28(30,31)16-34)33-23-10-9-20(29)14-22(23)25/h3-4,6-7,9-10,14,19H,5,8,11-13,15-16H2,1-2H3,(H,32,37)(H,35,36)/t19-/m0/s1. The first-order valence-corrected chi connectivity index (χ1v) is 13.1. The summed E-state index contributed by atoms with van der Waals surface area (Å²) in [7, 11) is 0. The minimum absolute atomic E-state index is 0.0215. The van der Waals surface area contributed by atoms with Crippen molar-refractivity contribution in [3.63, 3.8) is 0 Å². The van der Waals surface area contributed by atoms with E-state index in [-0.39, 0.29) is 31.2 Å². The van der Waals surface area contributed by atoms with Gasteiger partial charge in [-0.2, -0.15) is 0 Å². The number of amides is 1. The normalized spacial score (nSPS) is 16.0. The van der Waals surface area contributed by atoms with Crippen molar-refractivity contribution in [3.05, 3.63) is 69.2 Å². The summed E-state index contributed by atoms with van der Waals surface area (Å²) in [4.78, 5) is 31.2. The fraction of sp³-hybridized carbons (Fsp3) is 0.393. The van der Waals surface area contributed by atoms with Crippen molar-refractivity contribution in [1.82, 2.24) is 10.3 Å². The molecule has 0 bridgehead atoms. The Balaban J connectivity index is 1.69. The van der Waals surface area contributed by atoms with Crippen molar-refractivity contribution < 1.29 is 23.5 Å². The summed E-state index contributed by atoms with van der Waals surface area (Å²) in [6, 6.07) is 13.1. The van der Waals surface area contributed by atoms with Gasteiger partial charge in [-0.25, -0.2) is 13.8 Å². The Morgan fingerprint density at radius 1 is 1.22 bits per heavy atom. The van der Waals surface area contributed by atoms with E-state index in [1.54, 1.807) is 24.0 Å². The lowest BCUT2D eigenvalue weighted by molar-refractivity contribution is -0.137. The van der Waals surface area contributed by atoms with E-state index in [2.05, 4.69) is 26.2 Å². The molecule has 2 N–H and O–H groups in total. The predicted molar refractivity (Wildman–Crippen MR) is 144 cm³/mol. The number of pyridine rings is 1. The molecule has 1 aliphatic rings. The van der Waals surface area contributed by atoms with Gasteiger partial charge in [0.05, 0.1) is 17.6 Å². The number of carbonyl (C=O) groups excluding carboxylic acids is 1. The highest BCUT2D eigenvalue weighted by molar-refractivity contribution is 9.10. The zero-order valence-electron chi connectivity index (χ0n) is 20.9. The number of fused-ring (bicyclic) bond motifs is 1. The average Bonchev–Trinajstić information content (AvgIpc) is 2.83. The number of hydrogen-bond donors (Lipinski definition) is 2. The van der Waals surface area contributed by atoms with E-state index in [0.29, 0.717) is 47.2 Å². The summed E-state index contributed by atoms with van der Waals surface area (Å²) in [6.07, 6.45) is 0.533. The molecule has 9 heteroatoms. The van der Waals surface area contributed by atoms with Crippen LogP contribution in [0.3, 0.4) is 0 Å². The van der Waals surface area contributed by atoms with Crippen molar-refractivity contribution in [3.8, 4) is 0 Å². The molecule has 4 rings (SSSR count). The summed E-state index contributed by atoms with van der Waals surface area (Å²) in [5, 5.41) is 12.9. The number of benzene rings is 2. The maximum absolute atomic E-state index is 14.2. The molecule has 1 atom stereocenters. The third-order valence-electron chi connectivity index (χ3n) is 6.93. The van der Waals surface area contributed by atoms with Crippen LogP contribution in [0.1, 0.15) is 58.6 Å². The Hall–Kier alpha value is -3.07. The predicted octanol–water partition coefficient (Wildman–Crippen LogP) is 6.23. The Kier molecular flexibility index (Phi) is 8.11. The molecule has 1 aromatic heterocycles. The number of hydrogen-bond acceptors (Lipinski definition) is 4. The van der Waals surface area contributed by atoms with Gasteiger partial charge in [0.2, 0.25) is 0 Å². The number of carboxylic acid groups (broad SMARTS) is 1. The molecule has 1 amide bonds. The van der Waals surface area contributed by atoms with E-state index in [1.807, 2.05) is 37.3 Å². The number of carboxylic acids is 1. The van der Waals surface area contributed by atoms with Crippen LogP contribution in [0.2, 0.25) is 0 Å². The van der Waals surface area contributed by atoms with Crippen LogP contribution >= 0.6 is 15.9 Å². The lowest BCUT2D eigenvalue weighted by atomic mass is 9.90. The van der Waals surface area contributed by atoms with Crippen LogP contribution in [-0.2, 0) is 4.79 Å². The van der Waals surface area contributed by atoms with Crippen LogP contribution in [0, 0.1) is 13.8 Å². The van der Waals surface area contributed by atoms with Gasteiger partial charge in [-0.05, 0) is 56.0 Å². The van der Waals surface area contributed by atoms with Crippen molar-refractivity contribution in [2.24, 2.45) is 0 Å². The maximum atomic E-state index is 14.2. The quantitative estimate of drug-likeness (QED) is 0.334. The molecule has 3 aromatic rings. The fourth-order valence-electron chi connectivity index (χ4n) is 5.08. The Labute approximate surface area is 223 Å². The molecule has 0 spiro atoms. The molecule has 0 unspecified atom stereocenters. The maximum Gasteiger partial charge on any atom is 0.303 e. The van der Waals surface area contributed by atoms with Crippen molar-refractivity contribution in [1.29, 1.82) is 0 Å². The molecule has 196 valence electrons. The third kappa shape index (κ3) is 6.26. The van der Waals surface area contributed by atoms with Gasteiger partial charge in [0.15, 0.2) is 0 Å². The highest BCUT2D eigenvalue weighted by atomic mass is 79.9. The Morgan fingerprint density at radius 2 is 1.97 bits per heavy atom. The summed E-state index contributed by atoms with van der Waals surface area (Å²) < 4.78 is 29.2. The lowest BCUT2D eigenvalue weighted by Gasteiger charge is -2.34. The van der Waals surface area contributed by atoms with E-state index in [4.69, 9.17) is 0 Å². The van der Waals surface area contributed by atoms with E-state index in [1.165, 1.54) is 0 Å². The number of rotatable bonds is 8. The third-order valence-corrected chi connectivity index (χ3v) is 7.42. The smallest absolute Gasteiger partial charge is 0.303 e. The van der Waals surface area contributed by atoms with Crippen LogP contribution in [0.4, 0.5) is 14.6 Å². The summed E-state index contributed by atoms with van der Waals surface area (Å²) in [5.74, 6) is -3.85. The summed E-state index contributed by atoms with van der Waals surface area (Å²) in [6.45, 7) is 3.95. The number of nitrogens with zero attached hydrogens (tertiary/aromatic N) is 2. The van der Waals surface area contributed by atoms with Gasteiger partial charge in [0.1, 0.15) is 5.82 Å². The van der Waals surface area contributed by atoms with E-state index >= 15 is 0 Å². The average molecular weight is 574 g/mol. The second-order valence-corrected chi connectivity index (χ2v) is 10.6. The van der Waals surface area contributed by atoms with E-state index < -0.39 is 18.4 Å². The number of nitrogens with one attached hydrogen (secondary N) is 1. The Morgan fingerprint density at radius 3 is 2.68 bits per heavy atom. The fourth-order valence-corrected chi connectivity index (χ4v) is 5.44. The zero-order valence-corrected chi connectivity index (χ0v) is 22.4. The molecule has 1 fully saturated rings. The first-order chi connectivity index (χ1) is 17.6. The minimum atomic E-state index is -2.81. The Bertz CT molecular complexity index is 1330. The molecule has 6 nitrogen and oxygen atoms in total. The number of anilines is 1. The van der Waals surface area contributed by atoms with Gasteiger partial charge in [0.25, 0.3) is 11.8 Å².